The van der Waals surface area contributed by atoms with E-state index in [0.29, 0.717) is 17.1 Å². The largest absolute Gasteiger partial charge is 0.497 e. The number of hydrogen-bond acceptors (Lipinski definition) is 4. The second-order valence-corrected chi connectivity index (χ2v) is 10.5. The molecule has 0 bridgehead atoms. The Morgan fingerprint density at radius 2 is 1.21 bits per heavy atom. The molecule has 0 atom stereocenters. The zero-order chi connectivity index (χ0) is 26.5. The molecule has 5 nitrogen and oxygen atoms in total. The second-order valence-electron chi connectivity index (χ2n) is 8.62. The van der Waals surface area contributed by atoms with E-state index in [1.165, 1.54) is 0 Å². The average molecular weight is 524 g/mol. The van der Waals surface area contributed by atoms with E-state index in [2.05, 4.69) is 30.0 Å². The molecule has 0 saturated heterocycles. The van der Waals surface area contributed by atoms with Gasteiger partial charge in [0.25, 0.3) is 0 Å². The molecule has 4 aromatic rings. The molecule has 0 spiro atoms. The summed E-state index contributed by atoms with van der Waals surface area (Å²) in [6.07, 6.45) is 0. The normalized spacial score (nSPS) is 11.9. The minimum absolute atomic E-state index is 0.217. The summed E-state index contributed by atoms with van der Waals surface area (Å²) in [7, 11) is -2.22. The number of anilines is 1. The Bertz CT molecular complexity index is 1480. The van der Waals surface area contributed by atoms with E-state index in [1.54, 1.807) is 11.8 Å². The first kappa shape index (κ1) is 25.8. The molecule has 4 aromatic carbocycles. The van der Waals surface area contributed by atoms with Crippen molar-refractivity contribution in [2.75, 3.05) is 25.0 Å². The Hall–Kier alpha value is -3.85. The lowest BCUT2D eigenvalue weighted by atomic mass is 10.0. The number of benzene rings is 4. The van der Waals surface area contributed by atoms with Crippen LogP contribution < -0.4 is 9.41 Å². The molecule has 0 radical (unpaired) electrons. The predicted molar refractivity (Wildman–Crippen MR) is 154 cm³/mol. The maximum absolute atomic E-state index is 14.5. The summed E-state index contributed by atoms with van der Waals surface area (Å²) in [4.78, 5) is 0. The molecule has 0 amide bonds. The molecule has 0 aromatic heterocycles. The monoisotopic (exact) mass is 523 g/mol. The van der Waals surface area contributed by atoms with Gasteiger partial charge < -0.3 is 4.74 Å². The number of nitrogens with zero attached hydrogens (tertiary/aromatic N) is 1. The first-order valence-electron chi connectivity index (χ1n) is 12.7. The van der Waals surface area contributed by atoms with E-state index < -0.39 is 7.75 Å². The Balaban J connectivity index is 1.88. The fourth-order valence-electron chi connectivity index (χ4n) is 4.71. The van der Waals surface area contributed by atoms with Gasteiger partial charge in [-0.15, -0.1) is 0 Å². The fourth-order valence-corrected chi connectivity index (χ4v) is 6.49. The van der Waals surface area contributed by atoms with Crippen molar-refractivity contribution in [2.45, 2.75) is 13.8 Å². The summed E-state index contributed by atoms with van der Waals surface area (Å²) in [5, 5.41) is 0. The maximum atomic E-state index is 14.5. The van der Waals surface area contributed by atoms with Crippen molar-refractivity contribution < 1.29 is 18.3 Å². The van der Waals surface area contributed by atoms with Crippen molar-refractivity contribution in [3.63, 3.8) is 0 Å². The van der Waals surface area contributed by atoms with Crippen molar-refractivity contribution in [3.8, 4) is 16.9 Å². The molecule has 38 heavy (non-hydrogen) atoms. The van der Waals surface area contributed by atoms with Crippen molar-refractivity contribution in [1.82, 2.24) is 0 Å². The second kappa shape index (κ2) is 11.3. The van der Waals surface area contributed by atoms with Crippen LogP contribution in [-0.2, 0) is 13.6 Å². The highest BCUT2D eigenvalue weighted by molar-refractivity contribution is 7.56. The zero-order valence-electron chi connectivity index (χ0n) is 21.8. The standard InChI is InChI=1S/C32H30NO4P/c1-4-36-38(34,37-5-2)33(25-19-21-26(35-3)22-20-25)32(24-13-7-6-8-14-24)23-31-29-17-11-9-15-27(29)28-16-10-12-18-30(28)31/h6-22H,4-5H2,1-3H3. The van der Waals surface area contributed by atoms with E-state index in [1.807, 2.05) is 92.7 Å². The highest BCUT2D eigenvalue weighted by Crippen LogP contribution is 2.58. The highest BCUT2D eigenvalue weighted by Gasteiger charge is 2.37. The predicted octanol–water partition coefficient (Wildman–Crippen LogP) is 8.44. The van der Waals surface area contributed by atoms with Gasteiger partial charge in [0.2, 0.25) is 0 Å². The summed E-state index contributed by atoms with van der Waals surface area (Å²) in [5.41, 5.74) is 11.1. The maximum Gasteiger partial charge on any atom is 0.440 e. The van der Waals surface area contributed by atoms with Gasteiger partial charge in [0.15, 0.2) is 0 Å². The molecule has 0 fully saturated rings. The molecule has 192 valence electrons. The Morgan fingerprint density at radius 3 is 1.71 bits per heavy atom. The van der Waals surface area contributed by atoms with E-state index in [4.69, 9.17) is 13.8 Å². The highest BCUT2D eigenvalue weighted by atomic mass is 31.2. The van der Waals surface area contributed by atoms with E-state index in [-0.39, 0.29) is 13.2 Å². The number of hydrogen-bond donors (Lipinski definition) is 0. The molecule has 0 aliphatic heterocycles. The molecule has 0 saturated carbocycles. The first-order chi connectivity index (χ1) is 18.6. The van der Waals surface area contributed by atoms with Gasteiger partial charge in [-0.1, -0.05) is 84.6 Å². The minimum Gasteiger partial charge on any atom is -0.497 e. The van der Waals surface area contributed by atoms with Gasteiger partial charge in [0.05, 0.1) is 26.0 Å². The summed E-state index contributed by atoms with van der Waals surface area (Å²) >= 11 is 0. The summed E-state index contributed by atoms with van der Waals surface area (Å²) < 4.78 is 33.4. The Labute approximate surface area is 224 Å². The lowest BCUT2D eigenvalue weighted by Gasteiger charge is -2.32. The van der Waals surface area contributed by atoms with Crippen LogP contribution in [0.1, 0.15) is 30.5 Å². The third kappa shape index (κ3) is 4.86. The van der Waals surface area contributed by atoms with Crippen molar-refractivity contribution >= 4 is 24.7 Å². The topological polar surface area (TPSA) is 48.0 Å². The van der Waals surface area contributed by atoms with E-state index in [9.17, 15) is 4.57 Å². The molecule has 6 heteroatoms. The average Bonchev–Trinajstić information content (AvgIpc) is 3.27. The van der Waals surface area contributed by atoms with Crippen LogP contribution in [0.5, 0.6) is 5.75 Å². The molecule has 1 aliphatic carbocycles. The van der Waals surface area contributed by atoms with Gasteiger partial charge in [0, 0.05) is 11.1 Å². The van der Waals surface area contributed by atoms with Crippen LogP contribution in [0.15, 0.2) is 109 Å². The fraction of sp³-hybridized carbons (Fsp3) is 0.156. The SMILES string of the molecule is CCOP(=O)(OCC)N(C(=C=C1c2ccccc2-c2ccccc21)c1ccccc1)c1ccc(OC)cc1. The van der Waals surface area contributed by atoms with Crippen LogP contribution in [0.4, 0.5) is 5.69 Å². The van der Waals surface area contributed by atoms with Crippen LogP contribution in [0, 0.1) is 0 Å². The molecular formula is C32H30NO4P. The van der Waals surface area contributed by atoms with Gasteiger partial charge in [0.1, 0.15) is 11.4 Å². The van der Waals surface area contributed by atoms with Crippen molar-refractivity contribution in [2.24, 2.45) is 0 Å². The van der Waals surface area contributed by atoms with Crippen molar-refractivity contribution in [1.29, 1.82) is 0 Å². The third-order valence-corrected chi connectivity index (χ3v) is 8.42. The molecule has 0 heterocycles. The number of fused-ring (bicyclic) bond motifs is 3. The summed E-state index contributed by atoms with van der Waals surface area (Å²) in [6.45, 7) is 4.06. The van der Waals surface area contributed by atoms with Gasteiger partial charge in [-0.05, 0) is 60.4 Å². The van der Waals surface area contributed by atoms with Crippen LogP contribution in [0.2, 0.25) is 0 Å². The van der Waals surface area contributed by atoms with Crippen LogP contribution >= 0.6 is 7.75 Å². The lowest BCUT2D eigenvalue weighted by Crippen LogP contribution is -2.21. The number of ether oxygens (including phenoxy) is 1. The van der Waals surface area contributed by atoms with Crippen LogP contribution in [0.25, 0.3) is 22.4 Å². The Kier molecular flexibility index (Phi) is 7.64. The van der Waals surface area contributed by atoms with E-state index >= 15 is 0 Å². The quantitative estimate of drug-likeness (QED) is 0.143. The minimum atomic E-state index is -3.84. The van der Waals surface area contributed by atoms with Gasteiger partial charge in [-0.3, -0.25) is 9.05 Å². The number of methoxy groups -OCH3 is 1. The van der Waals surface area contributed by atoms with Crippen LogP contribution in [-0.4, -0.2) is 20.3 Å². The van der Waals surface area contributed by atoms with Gasteiger partial charge >= 0.3 is 7.75 Å². The lowest BCUT2D eigenvalue weighted by molar-refractivity contribution is 0.220. The summed E-state index contributed by atoms with van der Waals surface area (Å²) in [6, 6.07) is 33.8. The van der Waals surface area contributed by atoms with Gasteiger partial charge in [-0.2, -0.15) is 0 Å². The van der Waals surface area contributed by atoms with Gasteiger partial charge in [-0.25, -0.2) is 9.24 Å². The Morgan fingerprint density at radius 1 is 0.711 bits per heavy atom. The smallest absolute Gasteiger partial charge is 0.440 e. The molecule has 0 N–H and O–H groups in total. The summed E-state index contributed by atoms with van der Waals surface area (Å²) in [5.74, 6) is 0.693. The molecule has 5 rings (SSSR count). The third-order valence-electron chi connectivity index (χ3n) is 6.33. The molecule has 0 unspecified atom stereocenters. The first-order valence-corrected chi connectivity index (χ1v) is 14.2. The van der Waals surface area contributed by atoms with Crippen LogP contribution in [0.3, 0.4) is 0 Å². The molecule has 1 aliphatic rings. The van der Waals surface area contributed by atoms with E-state index in [0.717, 1.165) is 33.4 Å². The molecular weight excluding hydrogens is 493 g/mol. The van der Waals surface area contributed by atoms with Crippen molar-refractivity contribution in [3.05, 3.63) is 126 Å². The zero-order valence-corrected chi connectivity index (χ0v) is 22.7. The number of rotatable bonds is 9.